The highest BCUT2D eigenvalue weighted by atomic mass is 16.5. The molecule has 2 rings (SSSR count). The van der Waals surface area contributed by atoms with Gasteiger partial charge in [0, 0.05) is 6.54 Å². The highest BCUT2D eigenvalue weighted by Crippen LogP contribution is 2.11. The predicted octanol–water partition coefficient (Wildman–Crippen LogP) is -1.02. The van der Waals surface area contributed by atoms with Crippen LogP contribution in [0.4, 0.5) is 0 Å². The Balaban J connectivity index is 1.99. The largest absolute Gasteiger partial charge is 0.481 e. The predicted molar refractivity (Wildman–Crippen MR) is 58.6 cm³/mol. The maximum Gasteiger partial charge on any atom is 0.305 e. The maximum atomic E-state index is 12.0. The van der Waals surface area contributed by atoms with Gasteiger partial charge >= 0.3 is 5.97 Å². The number of carbonyl (C=O) groups excluding carboxylic acids is 1. The summed E-state index contributed by atoms with van der Waals surface area (Å²) in [5.41, 5.74) is 0. The van der Waals surface area contributed by atoms with Gasteiger partial charge in [0.2, 0.25) is 5.91 Å². The minimum Gasteiger partial charge on any atom is -0.481 e. The van der Waals surface area contributed by atoms with Gasteiger partial charge in [0.25, 0.3) is 0 Å². The maximum absolute atomic E-state index is 12.0. The third kappa shape index (κ3) is 3.04. The summed E-state index contributed by atoms with van der Waals surface area (Å²) in [5.74, 6) is -1.11. The third-order valence-electron chi connectivity index (χ3n) is 2.72. The Bertz CT molecular complexity index is 420. The van der Waals surface area contributed by atoms with Crippen molar-refractivity contribution in [2.75, 3.05) is 19.8 Å². The van der Waals surface area contributed by atoms with Gasteiger partial charge in [0.15, 0.2) is 0 Å². The lowest BCUT2D eigenvalue weighted by Crippen LogP contribution is -2.50. The van der Waals surface area contributed by atoms with Crippen molar-refractivity contribution in [3.05, 3.63) is 12.7 Å². The number of ether oxygens (including phenoxy) is 1. The lowest BCUT2D eigenvalue weighted by Gasteiger charge is -2.34. The fraction of sp³-hybridized carbons (Fsp3) is 0.600. The zero-order chi connectivity index (χ0) is 13.0. The molecular weight excluding hydrogens is 240 g/mol. The molecule has 1 unspecified atom stereocenters. The molecule has 0 radical (unpaired) electrons. The molecular formula is C10H14N4O4. The Labute approximate surface area is 103 Å². The van der Waals surface area contributed by atoms with Crippen LogP contribution in [0.2, 0.25) is 0 Å². The molecule has 0 saturated carbocycles. The summed E-state index contributed by atoms with van der Waals surface area (Å²) in [6.45, 7) is 1.16. The summed E-state index contributed by atoms with van der Waals surface area (Å²) in [6, 6.07) is -0.410. The zero-order valence-corrected chi connectivity index (χ0v) is 9.73. The fourth-order valence-corrected chi connectivity index (χ4v) is 1.90. The van der Waals surface area contributed by atoms with E-state index in [9.17, 15) is 9.59 Å². The van der Waals surface area contributed by atoms with E-state index in [2.05, 4.69) is 10.1 Å². The molecule has 1 amide bonds. The molecule has 98 valence electrons. The number of aliphatic carboxylic acids is 1. The van der Waals surface area contributed by atoms with Crippen LogP contribution in [0, 0.1) is 0 Å². The topological polar surface area (TPSA) is 97.6 Å². The van der Waals surface area contributed by atoms with Gasteiger partial charge in [-0.3, -0.25) is 9.59 Å². The average Bonchev–Trinajstić information content (AvgIpc) is 2.81. The first-order valence-electron chi connectivity index (χ1n) is 5.58. The van der Waals surface area contributed by atoms with Crippen molar-refractivity contribution in [1.29, 1.82) is 0 Å². The van der Waals surface area contributed by atoms with Gasteiger partial charge in [-0.1, -0.05) is 0 Å². The van der Waals surface area contributed by atoms with E-state index in [4.69, 9.17) is 9.84 Å². The van der Waals surface area contributed by atoms with Crippen LogP contribution in [0.15, 0.2) is 12.7 Å². The number of hydrogen-bond donors (Lipinski definition) is 1. The van der Waals surface area contributed by atoms with E-state index in [-0.39, 0.29) is 25.5 Å². The van der Waals surface area contributed by atoms with Crippen LogP contribution in [-0.4, -0.2) is 62.4 Å². The molecule has 0 bridgehead atoms. The first kappa shape index (κ1) is 12.5. The monoisotopic (exact) mass is 254 g/mol. The first-order chi connectivity index (χ1) is 8.66. The summed E-state index contributed by atoms with van der Waals surface area (Å²) in [6.07, 6.45) is 2.69. The third-order valence-corrected chi connectivity index (χ3v) is 2.72. The number of morpholine rings is 1. The van der Waals surface area contributed by atoms with Gasteiger partial charge in [0.1, 0.15) is 19.2 Å². The molecule has 8 heteroatoms. The molecule has 1 aliphatic heterocycles. The molecule has 1 fully saturated rings. The number of carboxylic acids is 1. The van der Waals surface area contributed by atoms with E-state index < -0.39 is 12.0 Å². The molecule has 0 aliphatic carbocycles. The Morgan fingerprint density at radius 1 is 1.50 bits per heavy atom. The number of aromatic nitrogens is 3. The van der Waals surface area contributed by atoms with Crippen LogP contribution in [0.3, 0.4) is 0 Å². The van der Waals surface area contributed by atoms with Crippen LogP contribution in [0.1, 0.15) is 6.42 Å². The first-order valence-corrected chi connectivity index (χ1v) is 5.58. The number of rotatable bonds is 4. The molecule has 18 heavy (non-hydrogen) atoms. The summed E-state index contributed by atoms with van der Waals surface area (Å²) in [7, 11) is 0. The Morgan fingerprint density at radius 3 is 3.00 bits per heavy atom. The van der Waals surface area contributed by atoms with Gasteiger partial charge in [-0.15, -0.1) is 0 Å². The summed E-state index contributed by atoms with van der Waals surface area (Å²) >= 11 is 0. The SMILES string of the molecule is O=C(O)CC1COCCN1C(=O)Cn1cncn1. The van der Waals surface area contributed by atoms with Gasteiger partial charge in [-0.05, 0) is 0 Å². The molecule has 1 saturated heterocycles. The molecule has 1 aromatic heterocycles. The van der Waals surface area contributed by atoms with Crippen LogP contribution in [-0.2, 0) is 20.9 Å². The van der Waals surface area contributed by atoms with Crippen LogP contribution in [0.25, 0.3) is 0 Å². The Hall–Kier alpha value is -1.96. The van der Waals surface area contributed by atoms with E-state index in [0.29, 0.717) is 13.2 Å². The second-order valence-electron chi connectivity index (χ2n) is 4.01. The standard InChI is InChI=1S/C10H14N4O4/c15-9(4-13-7-11-6-12-13)14-1-2-18-5-8(14)3-10(16)17/h6-8H,1-5H2,(H,16,17). The number of nitrogens with zero attached hydrogens (tertiary/aromatic N) is 4. The number of carboxylic acid groups (broad SMARTS) is 1. The smallest absolute Gasteiger partial charge is 0.305 e. The van der Waals surface area contributed by atoms with Crippen molar-refractivity contribution >= 4 is 11.9 Å². The minimum atomic E-state index is -0.941. The minimum absolute atomic E-state index is 0.0656. The molecule has 2 heterocycles. The lowest BCUT2D eigenvalue weighted by atomic mass is 10.1. The molecule has 8 nitrogen and oxygen atoms in total. The van der Waals surface area contributed by atoms with Gasteiger partial charge < -0.3 is 14.7 Å². The number of hydrogen-bond acceptors (Lipinski definition) is 5. The van der Waals surface area contributed by atoms with E-state index >= 15 is 0 Å². The van der Waals surface area contributed by atoms with E-state index in [1.807, 2.05) is 0 Å². The van der Waals surface area contributed by atoms with Crippen molar-refractivity contribution in [1.82, 2.24) is 19.7 Å². The van der Waals surface area contributed by atoms with Crippen molar-refractivity contribution in [3.8, 4) is 0 Å². The molecule has 1 atom stereocenters. The molecule has 1 N–H and O–H groups in total. The molecule has 0 spiro atoms. The number of amides is 1. The average molecular weight is 254 g/mol. The Morgan fingerprint density at radius 2 is 2.33 bits per heavy atom. The second-order valence-corrected chi connectivity index (χ2v) is 4.01. The van der Waals surface area contributed by atoms with Crippen molar-refractivity contribution in [3.63, 3.8) is 0 Å². The summed E-state index contributed by atoms with van der Waals surface area (Å²) < 4.78 is 6.62. The van der Waals surface area contributed by atoms with Crippen molar-refractivity contribution in [2.24, 2.45) is 0 Å². The zero-order valence-electron chi connectivity index (χ0n) is 9.73. The summed E-state index contributed by atoms with van der Waals surface area (Å²) in [4.78, 5) is 28.1. The van der Waals surface area contributed by atoms with Gasteiger partial charge in [-0.2, -0.15) is 5.10 Å². The van der Waals surface area contributed by atoms with Crippen molar-refractivity contribution in [2.45, 2.75) is 19.0 Å². The van der Waals surface area contributed by atoms with E-state index in [1.165, 1.54) is 17.3 Å². The fourth-order valence-electron chi connectivity index (χ4n) is 1.90. The molecule has 1 aromatic rings. The Kier molecular flexibility index (Phi) is 3.88. The van der Waals surface area contributed by atoms with Crippen molar-refractivity contribution < 1.29 is 19.4 Å². The van der Waals surface area contributed by atoms with E-state index in [0.717, 1.165) is 0 Å². The van der Waals surface area contributed by atoms with Crippen LogP contribution < -0.4 is 0 Å². The van der Waals surface area contributed by atoms with Crippen LogP contribution in [0.5, 0.6) is 0 Å². The normalized spacial score (nSPS) is 19.8. The van der Waals surface area contributed by atoms with Crippen LogP contribution >= 0.6 is 0 Å². The highest BCUT2D eigenvalue weighted by Gasteiger charge is 2.29. The quantitative estimate of drug-likeness (QED) is 0.738. The van der Waals surface area contributed by atoms with E-state index in [1.54, 1.807) is 4.90 Å². The molecule has 0 aromatic carbocycles. The number of carbonyl (C=O) groups is 2. The second kappa shape index (κ2) is 5.58. The molecule has 1 aliphatic rings. The van der Waals surface area contributed by atoms with Gasteiger partial charge in [-0.25, -0.2) is 9.67 Å². The van der Waals surface area contributed by atoms with Gasteiger partial charge in [0.05, 0.1) is 25.7 Å². The summed E-state index contributed by atoms with van der Waals surface area (Å²) in [5, 5.41) is 12.6. The highest BCUT2D eigenvalue weighted by molar-refractivity contribution is 5.77. The lowest BCUT2D eigenvalue weighted by molar-refractivity contribution is -0.146.